The zero-order valence-corrected chi connectivity index (χ0v) is 14.0. The van der Waals surface area contributed by atoms with Crippen molar-refractivity contribution in [2.24, 2.45) is 0 Å². The Kier molecular flexibility index (Phi) is 6.16. The van der Waals surface area contributed by atoms with Gasteiger partial charge in [-0.1, -0.05) is 42.5 Å². The number of hydrogen-bond donors (Lipinski definition) is 1. The minimum absolute atomic E-state index is 0.396. The van der Waals surface area contributed by atoms with Gasteiger partial charge in [0.15, 0.2) is 0 Å². The smallest absolute Gasteiger partial charge is 0.231 e. The molecule has 0 aromatic heterocycles. The Balaban J connectivity index is 1.96. The third-order valence-corrected chi connectivity index (χ3v) is 3.68. The minimum Gasteiger partial charge on any atom is -0.489 e. The maximum absolute atomic E-state index is 10.5. The van der Waals surface area contributed by atoms with Crippen LogP contribution in [0.4, 0.5) is 0 Å². The first-order valence-electron chi connectivity index (χ1n) is 7.83. The molecule has 0 saturated carbocycles. The van der Waals surface area contributed by atoms with Crippen molar-refractivity contribution < 1.29 is 14.6 Å². The molecule has 1 atom stereocenters. The van der Waals surface area contributed by atoms with Crippen molar-refractivity contribution in [3.8, 4) is 5.75 Å². The van der Waals surface area contributed by atoms with Crippen LogP contribution < -0.4 is 4.74 Å². The van der Waals surface area contributed by atoms with Crippen molar-refractivity contribution >= 4 is 0 Å². The highest BCUT2D eigenvalue weighted by Gasteiger charge is 2.30. The summed E-state index contributed by atoms with van der Waals surface area (Å²) < 4.78 is 11.2. The van der Waals surface area contributed by atoms with Crippen molar-refractivity contribution in [1.82, 2.24) is 4.90 Å². The molecule has 0 spiro atoms. The van der Waals surface area contributed by atoms with Gasteiger partial charge in [-0.05, 0) is 44.3 Å². The summed E-state index contributed by atoms with van der Waals surface area (Å²) in [5.74, 6) is -0.483. The summed E-state index contributed by atoms with van der Waals surface area (Å²) in [4.78, 5) is 1.68. The Bertz CT molecular complexity index is 583. The van der Waals surface area contributed by atoms with Crippen LogP contribution in [0, 0.1) is 0 Å². The van der Waals surface area contributed by atoms with Gasteiger partial charge in [0.05, 0.1) is 0 Å². The molecular weight excluding hydrogens is 290 g/mol. The summed E-state index contributed by atoms with van der Waals surface area (Å²) in [5.41, 5.74) is 2.12. The van der Waals surface area contributed by atoms with E-state index in [4.69, 9.17) is 9.47 Å². The number of hydrogen-bond acceptors (Lipinski definition) is 4. The van der Waals surface area contributed by atoms with E-state index < -0.39 is 5.91 Å². The second-order valence-corrected chi connectivity index (χ2v) is 5.67. The predicted molar refractivity (Wildman–Crippen MR) is 91.2 cm³/mol. The fraction of sp³-hybridized carbons (Fsp3) is 0.368. The van der Waals surface area contributed by atoms with Crippen LogP contribution in [0.1, 0.15) is 18.1 Å². The van der Waals surface area contributed by atoms with Gasteiger partial charge in [0.25, 0.3) is 0 Å². The molecule has 0 aliphatic heterocycles. The SMILES string of the molecule is CCOC(O)(Cc1ccc(OCc2ccccc2)cc1)N(C)C. The minimum atomic E-state index is -1.29. The lowest BCUT2D eigenvalue weighted by Crippen LogP contribution is -2.48. The van der Waals surface area contributed by atoms with E-state index >= 15 is 0 Å². The van der Waals surface area contributed by atoms with E-state index in [9.17, 15) is 5.11 Å². The maximum Gasteiger partial charge on any atom is 0.231 e. The van der Waals surface area contributed by atoms with Crippen LogP contribution in [0.25, 0.3) is 0 Å². The van der Waals surface area contributed by atoms with Crippen molar-refractivity contribution in [3.05, 3.63) is 65.7 Å². The number of likely N-dealkylation sites (N-methyl/N-ethyl adjacent to an activating group) is 1. The molecule has 0 heterocycles. The number of benzene rings is 2. The van der Waals surface area contributed by atoms with Gasteiger partial charge < -0.3 is 14.6 Å². The summed E-state index contributed by atoms with van der Waals surface area (Å²) in [6.45, 7) is 2.86. The summed E-state index contributed by atoms with van der Waals surface area (Å²) in [6, 6.07) is 17.8. The van der Waals surface area contributed by atoms with Crippen LogP contribution in [0.2, 0.25) is 0 Å². The van der Waals surface area contributed by atoms with Crippen LogP contribution in [-0.4, -0.2) is 36.6 Å². The zero-order valence-electron chi connectivity index (χ0n) is 14.0. The third-order valence-electron chi connectivity index (χ3n) is 3.68. The molecule has 0 radical (unpaired) electrons. The van der Waals surface area contributed by atoms with E-state index in [1.165, 1.54) is 0 Å². The van der Waals surface area contributed by atoms with Crippen molar-refractivity contribution in [3.63, 3.8) is 0 Å². The number of aliphatic hydroxyl groups is 1. The first kappa shape index (κ1) is 17.5. The fourth-order valence-corrected chi connectivity index (χ4v) is 2.28. The molecule has 2 aromatic rings. The monoisotopic (exact) mass is 315 g/mol. The summed E-state index contributed by atoms with van der Waals surface area (Å²) in [6.07, 6.45) is 0.396. The maximum atomic E-state index is 10.5. The first-order chi connectivity index (χ1) is 11.0. The van der Waals surface area contributed by atoms with E-state index in [1.807, 2.05) is 61.5 Å². The molecule has 0 aliphatic rings. The van der Waals surface area contributed by atoms with Crippen LogP contribution in [0.5, 0.6) is 5.75 Å². The molecule has 0 fully saturated rings. The molecule has 0 saturated heterocycles. The molecule has 2 rings (SSSR count). The predicted octanol–water partition coefficient (Wildman–Crippen LogP) is 3.05. The van der Waals surface area contributed by atoms with Crippen LogP contribution in [0.15, 0.2) is 54.6 Å². The average molecular weight is 315 g/mol. The number of ether oxygens (including phenoxy) is 2. The molecule has 4 nitrogen and oxygen atoms in total. The molecule has 2 aromatic carbocycles. The number of nitrogens with zero attached hydrogens (tertiary/aromatic N) is 1. The second kappa shape index (κ2) is 8.11. The van der Waals surface area contributed by atoms with Gasteiger partial charge in [0.2, 0.25) is 5.91 Å². The van der Waals surface area contributed by atoms with E-state index in [0.29, 0.717) is 19.6 Å². The van der Waals surface area contributed by atoms with Gasteiger partial charge in [0.1, 0.15) is 12.4 Å². The summed E-state index contributed by atoms with van der Waals surface area (Å²) in [5, 5.41) is 10.5. The fourth-order valence-electron chi connectivity index (χ4n) is 2.28. The lowest BCUT2D eigenvalue weighted by atomic mass is 10.1. The second-order valence-electron chi connectivity index (χ2n) is 5.67. The average Bonchev–Trinajstić information content (AvgIpc) is 2.55. The van der Waals surface area contributed by atoms with Crippen LogP contribution in [0.3, 0.4) is 0 Å². The molecule has 1 unspecified atom stereocenters. The molecular formula is C19H25NO3. The Morgan fingerprint density at radius 3 is 2.17 bits per heavy atom. The molecule has 1 N–H and O–H groups in total. The highest BCUT2D eigenvalue weighted by molar-refractivity contribution is 5.28. The molecule has 0 amide bonds. The van der Waals surface area contributed by atoms with Gasteiger partial charge >= 0.3 is 0 Å². The zero-order chi connectivity index (χ0) is 16.7. The highest BCUT2D eigenvalue weighted by Crippen LogP contribution is 2.20. The largest absolute Gasteiger partial charge is 0.489 e. The molecule has 0 aliphatic carbocycles. The topological polar surface area (TPSA) is 41.9 Å². The lowest BCUT2D eigenvalue weighted by Gasteiger charge is -2.34. The molecule has 23 heavy (non-hydrogen) atoms. The number of rotatable bonds is 8. The van der Waals surface area contributed by atoms with Gasteiger partial charge in [-0.3, -0.25) is 4.90 Å². The van der Waals surface area contributed by atoms with Crippen molar-refractivity contribution in [2.75, 3.05) is 20.7 Å². The molecule has 4 heteroatoms. The van der Waals surface area contributed by atoms with E-state index in [2.05, 4.69) is 0 Å². The van der Waals surface area contributed by atoms with Gasteiger partial charge in [0, 0.05) is 13.0 Å². The Morgan fingerprint density at radius 1 is 0.957 bits per heavy atom. The van der Waals surface area contributed by atoms with Crippen LogP contribution >= 0.6 is 0 Å². The Morgan fingerprint density at radius 2 is 1.61 bits per heavy atom. The molecule has 124 valence electrons. The summed E-state index contributed by atoms with van der Waals surface area (Å²) >= 11 is 0. The standard InChI is InChI=1S/C19H25NO3/c1-4-23-19(21,20(2)3)14-16-10-12-18(13-11-16)22-15-17-8-6-5-7-9-17/h5-13,21H,4,14-15H2,1-3H3. The lowest BCUT2D eigenvalue weighted by molar-refractivity contribution is -0.277. The summed E-state index contributed by atoms with van der Waals surface area (Å²) in [7, 11) is 3.60. The van der Waals surface area contributed by atoms with Gasteiger partial charge in [-0.15, -0.1) is 0 Å². The van der Waals surface area contributed by atoms with E-state index in [1.54, 1.807) is 19.0 Å². The van der Waals surface area contributed by atoms with Crippen LogP contribution in [-0.2, 0) is 17.8 Å². The Labute approximate surface area is 138 Å². The quantitative estimate of drug-likeness (QED) is 0.760. The van der Waals surface area contributed by atoms with E-state index in [-0.39, 0.29) is 0 Å². The third kappa shape index (κ3) is 5.06. The van der Waals surface area contributed by atoms with E-state index in [0.717, 1.165) is 16.9 Å². The van der Waals surface area contributed by atoms with Crippen molar-refractivity contribution in [1.29, 1.82) is 0 Å². The van der Waals surface area contributed by atoms with Gasteiger partial charge in [-0.2, -0.15) is 0 Å². The normalized spacial score (nSPS) is 13.8. The molecule has 0 bridgehead atoms. The van der Waals surface area contributed by atoms with Crippen molar-refractivity contribution in [2.45, 2.75) is 25.9 Å². The first-order valence-corrected chi connectivity index (χ1v) is 7.83. The Hall–Kier alpha value is -1.88. The highest BCUT2D eigenvalue weighted by atomic mass is 16.6. The van der Waals surface area contributed by atoms with Gasteiger partial charge in [-0.25, -0.2) is 0 Å².